The van der Waals surface area contributed by atoms with Gasteiger partial charge in [0.15, 0.2) is 0 Å². The topological polar surface area (TPSA) is 50.4 Å². The second kappa shape index (κ2) is 6.97. The number of carbonyl (C=O) groups is 1. The van der Waals surface area contributed by atoms with E-state index in [0.717, 1.165) is 19.4 Å². The van der Waals surface area contributed by atoms with Gasteiger partial charge in [-0.2, -0.15) is 0 Å². The van der Waals surface area contributed by atoms with Crippen LogP contribution in [0, 0.1) is 5.92 Å². The van der Waals surface area contributed by atoms with Gasteiger partial charge in [0.2, 0.25) is 5.91 Å². The van der Waals surface area contributed by atoms with Gasteiger partial charge in [-0.15, -0.1) is 0 Å². The molecule has 0 aliphatic carbocycles. The van der Waals surface area contributed by atoms with Crippen LogP contribution in [0.25, 0.3) is 0 Å². The minimum absolute atomic E-state index is 0.00327. The summed E-state index contributed by atoms with van der Waals surface area (Å²) < 4.78 is 5.82. The van der Waals surface area contributed by atoms with Crippen LogP contribution in [-0.2, 0) is 9.53 Å². The third-order valence-corrected chi connectivity index (χ3v) is 3.12. The molecule has 1 heterocycles. The number of hydrogen-bond acceptors (Lipinski definition) is 3. The molecule has 0 aromatic carbocycles. The van der Waals surface area contributed by atoms with E-state index in [9.17, 15) is 4.79 Å². The first-order valence-electron chi connectivity index (χ1n) is 6.67. The molecule has 1 amide bonds. The largest absolute Gasteiger partial charge is 0.364 e. The van der Waals surface area contributed by atoms with Gasteiger partial charge in [0.25, 0.3) is 0 Å². The molecule has 0 bridgehead atoms. The van der Waals surface area contributed by atoms with Crippen molar-refractivity contribution in [3.63, 3.8) is 0 Å². The quantitative estimate of drug-likeness (QED) is 0.764. The number of hydrogen-bond donors (Lipinski definition) is 2. The Morgan fingerprint density at radius 3 is 2.76 bits per heavy atom. The standard InChI is InChI=1S/C13H26N2O2/c1-9(2)8-15-13(16)11(4)17-12-6-5-7-14-10(12)3/h9-12,14H,5-8H2,1-4H3,(H,15,16). The molecular weight excluding hydrogens is 216 g/mol. The summed E-state index contributed by atoms with van der Waals surface area (Å²) in [5, 5.41) is 6.27. The van der Waals surface area contributed by atoms with Gasteiger partial charge in [0, 0.05) is 12.6 Å². The second-order valence-electron chi connectivity index (χ2n) is 5.34. The summed E-state index contributed by atoms with van der Waals surface area (Å²) in [7, 11) is 0. The monoisotopic (exact) mass is 242 g/mol. The zero-order chi connectivity index (χ0) is 12.8. The summed E-state index contributed by atoms with van der Waals surface area (Å²) in [4.78, 5) is 11.8. The van der Waals surface area contributed by atoms with Crippen LogP contribution in [-0.4, -0.2) is 37.2 Å². The highest BCUT2D eigenvalue weighted by Crippen LogP contribution is 2.14. The summed E-state index contributed by atoms with van der Waals surface area (Å²) in [5.41, 5.74) is 0. The lowest BCUT2D eigenvalue weighted by atomic mass is 10.0. The smallest absolute Gasteiger partial charge is 0.248 e. The predicted molar refractivity (Wildman–Crippen MR) is 68.9 cm³/mol. The van der Waals surface area contributed by atoms with Crippen molar-refractivity contribution in [3.8, 4) is 0 Å². The molecule has 0 spiro atoms. The maximum Gasteiger partial charge on any atom is 0.248 e. The highest BCUT2D eigenvalue weighted by atomic mass is 16.5. The van der Waals surface area contributed by atoms with Crippen LogP contribution in [0.4, 0.5) is 0 Å². The number of carbonyl (C=O) groups excluding carboxylic acids is 1. The molecule has 0 saturated carbocycles. The van der Waals surface area contributed by atoms with Crippen molar-refractivity contribution in [1.82, 2.24) is 10.6 Å². The first-order chi connectivity index (χ1) is 8.00. The Hall–Kier alpha value is -0.610. The van der Waals surface area contributed by atoms with Crippen molar-refractivity contribution < 1.29 is 9.53 Å². The molecular formula is C13H26N2O2. The van der Waals surface area contributed by atoms with Crippen LogP contribution in [0.2, 0.25) is 0 Å². The molecule has 1 aliphatic rings. The SMILES string of the molecule is CC(C)CNC(=O)C(C)OC1CCCNC1C. The molecule has 0 aromatic rings. The average Bonchev–Trinajstić information content (AvgIpc) is 2.28. The number of amides is 1. The van der Waals surface area contributed by atoms with Crippen LogP contribution in [0.3, 0.4) is 0 Å². The molecule has 1 saturated heterocycles. The first-order valence-corrected chi connectivity index (χ1v) is 6.67. The molecule has 0 radical (unpaired) electrons. The normalized spacial score (nSPS) is 26.9. The highest BCUT2D eigenvalue weighted by Gasteiger charge is 2.25. The van der Waals surface area contributed by atoms with E-state index in [2.05, 4.69) is 31.4 Å². The van der Waals surface area contributed by atoms with Crippen molar-refractivity contribution in [2.24, 2.45) is 5.92 Å². The highest BCUT2D eigenvalue weighted by molar-refractivity contribution is 5.80. The summed E-state index contributed by atoms with van der Waals surface area (Å²) in [6, 6.07) is 0.337. The van der Waals surface area contributed by atoms with Gasteiger partial charge >= 0.3 is 0 Å². The summed E-state index contributed by atoms with van der Waals surface area (Å²) in [6.07, 6.45) is 1.95. The molecule has 1 aliphatic heterocycles. The van der Waals surface area contributed by atoms with Crippen molar-refractivity contribution in [1.29, 1.82) is 0 Å². The van der Waals surface area contributed by atoms with E-state index in [4.69, 9.17) is 4.74 Å². The van der Waals surface area contributed by atoms with Crippen molar-refractivity contribution in [2.45, 2.75) is 58.8 Å². The lowest BCUT2D eigenvalue weighted by molar-refractivity contribution is -0.137. The Balaban J connectivity index is 2.31. The molecule has 2 N–H and O–H groups in total. The Morgan fingerprint density at radius 2 is 2.18 bits per heavy atom. The van der Waals surface area contributed by atoms with Crippen LogP contribution in [0.5, 0.6) is 0 Å². The van der Waals surface area contributed by atoms with Crippen LogP contribution >= 0.6 is 0 Å². The fourth-order valence-electron chi connectivity index (χ4n) is 1.97. The number of piperidine rings is 1. The Morgan fingerprint density at radius 1 is 1.47 bits per heavy atom. The van der Waals surface area contributed by atoms with Gasteiger partial charge in [-0.1, -0.05) is 13.8 Å². The molecule has 3 unspecified atom stereocenters. The number of rotatable bonds is 5. The van der Waals surface area contributed by atoms with Crippen LogP contribution in [0.15, 0.2) is 0 Å². The molecule has 100 valence electrons. The fourth-order valence-corrected chi connectivity index (χ4v) is 1.97. The lowest BCUT2D eigenvalue weighted by Crippen LogP contribution is -2.47. The molecule has 17 heavy (non-hydrogen) atoms. The number of nitrogens with one attached hydrogen (secondary N) is 2. The van der Waals surface area contributed by atoms with E-state index >= 15 is 0 Å². The molecule has 1 rings (SSSR count). The number of ether oxygens (including phenoxy) is 1. The van der Waals surface area contributed by atoms with Gasteiger partial charge in [-0.05, 0) is 39.2 Å². The van der Waals surface area contributed by atoms with Crippen molar-refractivity contribution in [3.05, 3.63) is 0 Å². The molecule has 3 atom stereocenters. The first kappa shape index (κ1) is 14.5. The summed E-state index contributed by atoms with van der Waals surface area (Å²) in [5.74, 6) is 0.470. The maximum atomic E-state index is 11.8. The van der Waals surface area contributed by atoms with E-state index in [1.54, 1.807) is 0 Å². The maximum absolute atomic E-state index is 11.8. The third-order valence-electron chi connectivity index (χ3n) is 3.12. The molecule has 4 nitrogen and oxygen atoms in total. The Bertz CT molecular complexity index is 244. The predicted octanol–water partition coefficient (Wildman–Crippen LogP) is 1.30. The second-order valence-corrected chi connectivity index (χ2v) is 5.34. The van der Waals surface area contributed by atoms with E-state index in [-0.39, 0.29) is 18.1 Å². The lowest BCUT2D eigenvalue weighted by Gasteiger charge is -2.31. The van der Waals surface area contributed by atoms with Crippen molar-refractivity contribution >= 4 is 5.91 Å². The molecule has 1 fully saturated rings. The van der Waals surface area contributed by atoms with E-state index in [1.165, 1.54) is 0 Å². The zero-order valence-electron chi connectivity index (χ0n) is 11.5. The van der Waals surface area contributed by atoms with Gasteiger partial charge in [-0.3, -0.25) is 4.79 Å². The van der Waals surface area contributed by atoms with Crippen LogP contribution in [0.1, 0.15) is 40.5 Å². The van der Waals surface area contributed by atoms with Gasteiger partial charge in [0.1, 0.15) is 6.10 Å². The Kier molecular flexibility index (Phi) is 5.92. The van der Waals surface area contributed by atoms with Gasteiger partial charge in [0.05, 0.1) is 6.10 Å². The minimum Gasteiger partial charge on any atom is -0.364 e. The van der Waals surface area contributed by atoms with E-state index < -0.39 is 0 Å². The van der Waals surface area contributed by atoms with Crippen molar-refractivity contribution in [2.75, 3.05) is 13.1 Å². The third kappa shape index (κ3) is 5.04. The molecule has 4 heteroatoms. The van der Waals surface area contributed by atoms with Gasteiger partial charge < -0.3 is 15.4 Å². The fraction of sp³-hybridized carbons (Fsp3) is 0.923. The van der Waals surface area contributed by atoms with E-state index in [0.29, 0.717) is 18.5 Å². The minimum atomic E-state index is -0.360. The summed E-state index contributed by atoms with van der Waals surface area (Å²) in [6.45, 7) is 9.87. The Labute approximate surface area is 104 Å². The van der Waals surface area contributed by atoms with Gasteiger partial charge in [-0.25, -0.2) is 0 Å². The van der Waals surface area contributed by atoms with Crippen LogP contribution < -0.4 is 10.6 Å². The zero-order valence-corrected chi connectivity index (χ0v) is 11.5. The van der Waals surface area contributed by atoms with E-state index in [1.807, 2.05) is 6.92 Å². The summed E-state index contributed by atoms with van der Waals surface area (Å²) >= 11 is 0. The average molecular weight is 242 g/mol. The molecule has 0 aromatic heterocycles.